The number of nitrogens with one attached hydrogen (secondary N) is 1. The number of hydrogen-bond donors (Lipinski definition) is 3. The Morgan fingerprint density at radius 2 is 2.00 bits per heavy atom. The van der Waals surface area contributed by atoms with Crippen LogP contribution >= 0.6 is 0 Å². The molecule has 0 aliphatic rings. The van der Waals surface area contributed by atoms with Gasteiger partial charge in [-0.15, -0.1) is 0 Å². The van der Waals surface area contributed by atoms with E-state index in [0.29, 0.717) is 5.82 Å². The molecule has 0 saturated heterocycles. The van der Waals surface area contributed by atoms with Gasteiger partial charge in [-0.2, -0.15) is 0 Å². The van der Waals surface area contributed by atoms with E-state index in [1.165, 1.54) is 4.90 Å². The Kier molecular flexibility index (Phi) is 8.17. The maximum Gasteiger partial charge on any atom is 0.416 e. The van der Waals surface area contributed by atoms with Crippen LogP contribution in [0.25, 0.3) is 0 Å². The number of ether oxygens (including phenoxy) is 1. The van der Waals surface area contributed by atoms with Crippen molar-refractivity contribution in [2.75, 3.05) is 18.1 Å². The number of carboxylic acid groups (broad SMARTS) is 1. The zero-order chi connectivity index (χ0) is 20.6. The maximum atomic E-state index is 12.5. The van der Waals surface area contributed by atoms with E-state index in [2.05, 4.69) is 10.3 Å². The summed E-state index contributed by atoms with van der Waals surface area (Å²) in [5.74, 6) is -1.44. The smallest absolute Gasteiger partial charge is 0.416 e. The Hall–Kier alpha value is -2.68. The van der Waals surface area contributed by atoms with Gasteiger partial charge < -0.3 is 20.3 Å². The highest BCUT2D eigenvalue weighted by atomic mass is 16.6. The van der Waals surface area contributed by atoms with Gasteiger partial charge in [0.15, 0.2) is 0 Å². The lowest BCUT2D eigenvalue weighted by molar-refractivity contribution is -0.142. The van der Waals surface area contributed by atoms with Crippen LogP contribution in [0.1, 0.15) is 39.2 Å². The number of anilines is 1. The lowest BCUT2D eigenvalue weighted by Crippen LogP contribution is -2.43. The fourth-order valence-electron chi connectivity index (χ4n) is 2.13. The molecule has 2 amide bonds. The van der Waals surface area contributed by atoms with E-state index in [1.807, 2.05) is 6.92 Å². The molecule has 0 aliphatic heterocycles. The highest BCUT2D eigenvalue weighted by Crippen LogP contribution is 2.18. The Bertz CT molecular complexity index is 671. The molecular weight excluding hydrogens is 354 g/mol. The minimum atomic E-state index is -1.35. The maximum absolute atomic E-state index is 12.5. The second kappa shape index (κ2) is 9.86. The molecule has 1 rings (SSSR count). The lowest BCUT2D eigenvalue weighted by Gasteiger charge is -2.27. The number of rotatable bonds is 8. The minimum Gasteiger partial charge on any atom is -0.480 e. The number of aliphatic hydroxyl groups is 1. The highest BCUT2D eigenvalue weighted by molar-refractivity contribution is 5.87. The zero-order valence-electron chi connectivity index (χ0n) is 16.1. The number of aromatic nitrogens is 1. The molecule has 0 aromatic carbocycles. The summed E-state index contributed by atoms with van der Waals surface area (Å²) >= 11 is 0. The van der Waals surface area contributed by atoms with Gasteiger partial charge in [-0.3, -0.25) is 9.69 Å². The molecule has 1 aromatic heterocycles. The van der Waals surface area contributed by atoms with Gasteiger partial charge in [0.05, 0.1) is 6.61 Å². The number of aliphatic hydroxyl groups excluding tert-OH is 1. The van der Waals surface area contributed by atoms with Crippen LogP contribution in [0.2, 0.25) is 0 Å². The summed E-state index contributed by atoms with van der Waals surface area (Å²) < 4.78 is 5.40. The van der Waals surface area contributed by atoms with Crippen molar-refractivity contribution in [1.82, 2.24) is 10.3 Å². The van der Waals surface area contributed by atoms with Gasteiger partial charge in [0.1, 0.15) is 17.5 Å². The summed E-state index contributed by atoms with van der Waals surface area (Å²) in [6.07, 6.45) is 1.24. The van der Waals surface area contributed by atoms with E-state index < -0.39 is 36.2 Å². The van der Waals surface area contributed by atoms with Crippen LogP contribution in [-0.2, 0) is 14.3 Å². The Morgan fingerprint density at radius 3 is 2.52 bits per heavy atom. The molecule has 0 bridgehead atoms. The summed E-state index contributed by atoms with van der Waals surface area (Å²) in [4.78, 5) is 40.7. The molecule has 1 heterocycles. The number of hydrogen-bond acceptors (Lipinski definition) is 6. The summed E-state index contributed by atoms with van der Waals surface area (Å²) in [5.41, 5.74) is 0.227. The van der Waals surface area contributed by atoms with Gasteiger partial charge in [-0.05, 0) is 51.8 Å². The fraction of sp³-hybridized carbons (Fsp3) is 0.556. The van der Waals surface area contributed by atoms with Crippen molar-refractivity contribution in [2.24, 2.45) is 0 Å². The quantitative estimate of drug-likeness (QED) is 0.622. The Morgan fingerprint density at radius 1 is 1.33 bits per heavy atom. The molecule has 1 atom stereocenters. The standard InChI is InChI=1S/C18H27N3O6/c1-12-7-8-19-14(10-12)21(17(26)27-18(2,3)4)9-5-6-15(23)20-13(11-22)16(24)25/h7-8,10,13,22H,5-6,9,11H2,1-4H3,(H,20,23)(H,24,25)/t13-/m0/s1. The molecule has 0 fully saturated rings. The first-order valence-electron chi connectivity index (χ1n) is 8.59. The number of aryl methyl sites for hydroxylation is 1. The molecule has 0 unspecified atom stereocenters. The van der Waals surface area contributed by atoms with Gasteiger partial charge in [0, 0.05) is 19.2 Å². The van der Waals surface area contributed by atoms with Crippen molar-refractivity contribution in [2.45, 2.75) is 52.2 Å². The fourth-order valence-corrected chi connectivity index (χ4v) is 2.13. The lowest BCUT2D eigenvalue weighted by atomic mass is 10.2. The SMILES string of the molecule is Cc1ccnc(N(CCCC(=O)N[C@@H](CO)C(=O)O)C(=O)OC(C)(C)C)c1. The first kappa shape index (κ1) is 22.4. The molecule has 3 N–H and O–H groups in total. The average Bonchev–Trinajstić information content (AvgIpc) is 2.54. The van der Waals surface area contributed by atoms with Crippen LogP contribution in [0.15, 0.2) is 18.3 Å². The van der Waals surface area contributed by atoms with Crippen molar-refractivity contribution < 1.29 is 29.3 Å². The van der Waals surface area contributed by atoms with Crippen LogP contribution < -0.4 is 10.2 Å². The average molecular weight is 381 g/mol. The van der Waals surface area contributed by atoms with Crippen LogP contribution in [0.5, 0.6) is 0 Å². The summed E-state index contributed by atoms with van der Waals surface area (Å²) in [6, 6.07) is 2.18. The van der Waals surface area contributed by atoms with E-state index in [4.69, 9.17) is 14.9 Å². The second-order valence-corrected chi connectivity index (χ2v) is 7.07. The first-order chi connectivity index (χ1) is 12.5. The van der Waals surface area contributed by atoms with E-state index in [1.54, 1.807) is 39.1 Å². The monoisotopic (exact) mass is 381 g/mol. The highest BCUT2D eigenvalue weighted by Gasteiger charge is 2.25. The molecule has 150 valence electrons. The Balaban J connectivity index is 2.76. The number of pyridine rings is 1. The molecule has 9 nitrogen and oxygen atoms in total. The summed E-state index contributed by atoms with van der Waals surface area (Å²) in [6.45, 7) is 6.59. The number of carbonyl (C=O) groups excluding carboxylic acids is 2. The molecule has 0 spiro atoms. The van der Waals surface area contributed by atoms with Gasteiger partial charge in [0.25, 0.3) is 0 Å². The van der Waals surface area contributed by atoms with E-state index >= 15 is 0 Å². The second-order valence-electron chi connectivity index (χ2n) is 7.07. The third kappa shape index (κ3) is 8.04. The number of nitrogens with zero attached hydrogens (tertiary/aromatic N) is 2. The zero-order valence-corrected chi connectivity index (χ0v) is 16.1. The van der Waals surface area contributed by atoms with Gasteiger partial charge in [0.2, 0.25) is 5.91 Å². The first-order valence-corrected chi connectivity index (χ1v) is 8.59. The molecule has 9 heteroatoms. The molecule has 1 aromatic rings. The van der Waals surface area contributed by atoms with Crippen molar-refractivity contribution >= 4 is 23.8 Å². The molecule has 0 aliphatic carbocycles. The topological polar surface area (TPSA) is 129 Å². The number of carbonyl (C=O) groups is 3. The predicted molar refractivity (Wildman–Crippen MR) is 98.4 cm³/mol. The van der Waals surface area contributed by atoms with Gasteiger partial charge in [-0.25, -0.2) is 14.6 Å². The van der Waals surface area contributed by atoms with Crippen LogP contribution in [-0.4, -0.2) is 58.0 Å². The predicted octanol–water partition coefficient (Wildman–Crippen LogP) is 1.47. The normalized spacial score (nSPS) is 12.2. The summed E-state index contributed by atoms with van der Waals surface area (Å²) in [7, 11) is 0. The van der Waals surface area contributed by atoms with Crippen LogP contribution in [0.4, 0.5) is 10.6 Å². The third-order valence-electron chi connectivity index (χ3n) is 3.39. The van der Waals surface area contributed by atoms with Crippen LogP contribution in [0.3, 0.4) is 0 Å². The van der Waals surface area contributed by atoms with Crippen LogP contribution in [0, 0.1) is 6.92 Å². The molecule has 0 saturated carbocycles. The molecule has 0 radical (unpaired) electrons. The minimum absolute atomic E-state index is 0.0190. The molecule has 27 heavy (non-hydrogen) atoms. The third-order valence-corrected chi connectivity index (χ3v) is 3.39. The Labute approximate surface area is 158 Å². The number of aliphatic carboxylic acids is 1. The van der Waals surface area contributed by atoms with Crippen molar-refractivity contribution in [3.63, 3.8) is 0 Å². The number of carboxylic acids is 1. The van der Waals surface area contributed by atoms with Crippen molar-refractivity contribution in [1.29, 1.82) is 0 Å². The van der Waals surface area contributed by atoms with E-state index in [9.17, 15) is 14.4 Å². The molecular formula is C18H27N3O6. The van der Waals surface area contributed by atoms with Crippen molar-refractivity contribution in [3.05, 3.63) is 23.9 Å². The van der Waals surface area contributed by atoms with E-state index in [0.717, 1.165) is 5.56 Å². The van der Waals surface area contributed by atoms with Gasteiger partial charge in [-0.1, -0.05) is 0 Å². The number of amides is 2. The summed E-state index contributed by atoms with van der Waals surface area (Å²) in [5, 5.41) is 20.0. The van der Waals surface area contributed by atoms with E-state index in [-0.39, 0.29) is 19.4 Å². The van der Waals surface area contributed by atoms with Crippen molar-refractivity contribution in [3.8, 4) is 0 Å². The van der Waals surface area contributed by atoms with Gasteiger partial charge >= 0.3 is 12.1 Å². The largest absolute Gasteiger partial charge is 0.480 e.